The molecule has 0 amide bonds. The topological polar surface area (TPSA) is 72.0 Å². The number of rotatable bonds is 1. The molecule has 0 fully saturated rings. The maximum absolute atomic E-state index is 9.66. The molecule has 5 heteroatoms. The van der Waals surface area contributed by atoms with Crippen LogP contribution in [0.5, 0.6) is 0 Å². The van der Waals surface area contributed by atoms with E-state index in [0.29, 0.717) is 5.03 Å². The van der Waals surface area contributed by atoms with Crippen LogP contribution in [0.2, 0.25) is 0 Å². The summed E-state index contributed by atoms with van der Waals surface area (Å²) in [5, 5.41) is 11.0. The van der Waals surface area contributed by atoms with E-state index < -0.39 is 12.1 Å². The maximum atomic E-state index is 9.66. The lowest BCUT2D eigenvalue weighted by Gasteiger charge is -2.20. The first-order valence-electron chi connectivity index (χ1n) is 5.90. The van der Waals surface area contributed by atoms with Gasteiger partial charge in [-0.25, -0.2) is 9.97 Å². The summed E-state index contributed by atoms with van der Waals surface area (Å²) in [5.74, 6) is 0. The Morgan fingerprint density at radius 3 is 2.79 bits per heavy atom. The Kier molecular flexibility index (Phi) is 3.06. The smallest absolute Gasteiger partial charge is 0.116 e. The fourth-order valence-electron chi connectivity index (χ4n) is 2.13. The highest BCUT2D eigenvalue weighted by molar-refractivity contribution is 6.37. The van der Waals surface area contributed by atoms with Crippen LogP contribution in [0.25, 0.3) is 16.5 Å². The van der Waals surface area contributed by atoms with E-state index in [-0.39, 0.29) is 0 Å². The summed E-state index contributed by atoms with van der Waals surface area (Å²) in [5.41, 5.74) is 8.15. The van der Waals surface area contributed by atoms with Gasteiger partial charge in [0, 0.05) is 16.0 Å². The SMILES string of the molecule is NC1C=C(c2ncnc3ccccc23)C(Cl)=CC1O. The molecule has 3 N–H and O–H groups in total. The molecule has 1 aliphatic carbocycles. The second kappa shape index (κ2) is 4.74. The summed E-state index contributed by atoms with van der Waals surface area (Å²) < 4.78 is 0. The van der Waals surface area contributed by atoms with E-state index in [9.17, 15) is 5.11 Å². The highest BCUT2D eigenvalue weighted by Gasteiger charge is 2.22. The van der Waals surface area contributed by atoms with E-state index in [1.807, 2.05) is 24.3 Å². The van der Waals surface area contributed by atoms with E-state index in [2.05, 4.69) is 9.97 Å². The Morgan fingerprint density at radius 2 is 1.95 bits per heavy atom. The number of aliphatic hydroxyl groups excluding tert-OH is 1. The number of hydrogen-bond acceptors (Lipinski definition) is 4. The van der Waals surface area contributed by atoms with Crippen molar-refractivity contribution >= 4 is 28.1 Å². The van der Waals surface area contributed by atoms with E-state index in [4.69, 9.17) is 17.3 Å². The van der Waals surface area contributed by atoms with Gasteiger partial charge in [0.05, 0.1) is 23.4 Å². The van der Waals surface area contributed by atoms with Crippen LogP contribution in [0.1, 0.15) is 5.69 Å². The van der Waals surface area contributed by atoms with Crippen LogP contribution in [0.4, 0.5) is 0 Å². The molecule has 2 aromatic rings. The van der Waals surface area contributed by atoms with Crippen molar-refractivity contribution in [2.45, 2.75) is 12.1 Å². The second-order valence-electron chi connectivity index (χ2n) is 4.40. The standard InChI is InChI=1S/C14H12ClN3O/c15-10-6-13(19)11(16)5-9(10)14-8-3-1-2-4-12(8)17-7-18-14/h1-7,11,13,19H,16H2. The van der Waals surface area contributed by atoms with Crippen molar-refractivity contribution in [1.29, 1.82) is 0 Å². The van der Waals surface area contributed by atoms with Crippen molar-refractivity contribution in [1.82, 2.24) is 9.97 Å². The predicted octanol–water partition coefficient (Wildman–Crippen LogP) is 1.84. The average molecular weight is 274 g/mol. The molecule has 19 heavy (non-hydrogen) atoms. The van der Waals surface area contributed by atoms with Crippen LogP contribution in [-0.2, 0) is 0 Å². The predicted molar refractivity (Wildman–Crippen MR) is 75.4 cm³/mol. The zero-order valence-electron chi connectivity index (χ0n) is 9.99. The van der Waals surface area contributed by atoms with E-state index >= 15 is 0 Å². The maximum Gasteiger partial charge on any atom is 0.116 e. The molecule has 1 aromatic carbocycles. The molecule has 3 rings (SSSR count). The summed E-state index contributed by atoms with van der Waals surface area (Å²) in [6.07, 6.45) is 4.02. The number of halogens is 1. The molecular formula is C14H12ClN3O. The first-order chi connectivity index (χ1) is 9.16. The van der Waals surface area contributed by atoms with Crippen molar-refractivity contribution in [3.63, 3.8) is 0 Å². The monoisotopic (exact) mass is 273 g/mol. The Balaban J connectivity index is 2.20. The van der Waals surface area contributed by atoms with E-state index in [0.717, 1.165) is 22.2 Å². The number of hydrogen-bond donors (Lipinski definition) is 2. The van der Waals surface area contributed by atoms with Crippen molar-refractivity contribution < 1.29 is 5.11 Å². The number of aromatic nitrogens is 2. The van der Waals surface area contributed by atoms with Crippen molar-refractivity contribution in [2.75, 3.05) is 0 Å². The van der Waals surface area contributed by atoms with Gasteiger partial charge in [-0.05, 0) is 12.1 Å². The summed E-state index contributed by atoms with van der Waals surface area (Å²) in [7, 11) is 0. The van der Waals surface area contributed by atoms with Gasteiger partial charge in [-0.1, -0.05) is 35.9 Å². The van der Waals surface area contributed by atoms with Gasteiger partial charge in [-0.15, -0.1) is 0 Å². The summed E-state index contributed by atoms with van der Waals surface area (Å²) in [6, 6.07) is 7.21. The van der Waals surface area contributed by atoms with Crippen molar-refractivity contribution in [2.24, 2.45) is 5.73 Å². The third-order valence-electron chi connectivity index (χ3n) is 3.13. The molecule has 96 valence electrons. The fourth-order valence-corrected chi connectivity index (χ4v) is 2.41. The highest BCUT2D eigenvalue weighted by atomic mass is 35.5. The lowest BCUT2D eigenvalue weighted by molar-refractivity contribution is 0.207. The molecular weight excluding hydrogens is 262 g/mol. The van der Waals surface area contributed by atoms with Crippen molar-refractivity contribution in [3.05, 3.63) is 53.5 Å². The van der Waals surface area contributed by atoms with Gasteiger partial charge in [0.1, 0.15) is 6.33 Å². The van der Waals surface area contributed by atoms with Crippen LogP contribution < -0.4 is 5.73 Å². The normalized spacial score (nSPS) is 23.1. The lowest BCUT2D eigenvalue weighted by atomic mass is 9.96. The molecule has 0 spiro atoms. The van der Waals surface area contributed by atoms with Gasteiger partial charge in [-0.2, -0.15) is 0 Å². The first kappa shape index (κ1) is 12.3. The van der Waals surface area contributed by atoms with Crippen LogP contribution >= 0.6 is 11.6 Å². The molecule has 0 bridgehead atoms. The Bertz CT molecular complexity index is 691. The van der Waals surface area contributed by atoms with Crippen molar-refractivity contribution in [3.8, 4) is 0 Å². The molecule has 1 aliphatic rings. The van der Waals surface area contributed by atoms with Gasteiger partial charge < -0.3 is 10.8 Å². The lowest BCUT2D eigenvalue weighted by Crippen LogP contribution is -2.33. The summed E-state index contributed by atoms with van der Waals surface area (Å²) in [6.45, 7) is 0. The molecule has 1 heterocycles. The number of para-hydroxylation sites is 1. The van der Waals surface area contributed by atoms with Crippen LogP contribution in [0, 0.1) is 0 Å². The molecule has 4 nitrogen and oxygen atoms in total. The molecule has 0 aliphatic heterocycles. The molecule has 2 atom stereocenters. The zero-order chi connectivity index (χ0) is 13.4. The molecule has 0 radical (unpaired) electrons. The molecule has 0 saturated heterocycles. The van der Waals surface area contributed by atoms with Gasteiger partial charge in [0.15, 0.2) is 0 Å². The quantitative estimate of drug-likeness (QED) is 0.832. The van der Waals surface area contributed by atoms with Crippen LogP contribution in [0.3, 0.4) is 0 Å². The minimum Gasteiger partial charge on any atom is -0.387 e. The minimum atomic E-state index is -0.760. The number of allylic oxidation sites excluding steroid dienone is 2. The molecule has 0 saturated carbocycles. The molecule has 2 unspecified atom stereocenters. The average Bonchev–Trinajstić information content (AvgIpc) is 2.42. The van der Waals surface area contributed by atoms with Gasteiger partial charge in [-0.3, -0.25) is 0 Å². The molecule has 1 aromatic heterocycles. The van der Waals surface area contributed by atoms with Gasteiger partial charge in [0.25, 0.3) is 0 Å². The number of nitrogens with zero attached hydrogens (tertiary/aromatic N) is 2. The second-order valence-corrected chi connectivity index (χ2v) is 4.81. The van der Waals surface area contributed by atoms with Gasteiger partial charge in [0.2, 0.25) is 0 Å². The number of fused-ring (bicyclic) bond motifs is 1. The first-order valence-corrected chi connectivity index (χ1v) is 6.28. The van der Waals surface area contributed by atoms with E-state index in [1.54, 1.807) is 12.2 Å². The van der Waals surface area contributed by atoms with Crippen LogP contribution in [0.15, 0.2) is 47.8 Å². The number of aliphatic hydroxyl groups is 1. The zero-order valence-corrected chi connectivity index (χ0v) is 10.7. The Morgan fingerprint density at radius 1 is 1.16 bits per heavy atom. The fraction of sp³-hybridized carbons (Fsp3) is 0.143. The third kappa shape index (κ3) is 2.14. The summed E-state index contributed by atoms with van der Waals surface area (Å²) >= 11 is 6.19. The Labute approximate surface area is 115 Å². The number of nitrogens with two attached hydrogens (primary N) is 1. The van der Waals surface area contributed by atoms with E-state index in [1.165, 1.54) is 6.33 Å². The highest BCUT2D eigenvalue weighted by Crippen LogP contribution is 2.32. The minimum absolute atomic E-state index is 0.457. The summed E-state index contributed by atoms with van der Waals surface area (Å²) in [4.78, 5) is 8.51. The largest absolute Gasteiger partial charge is 0.387 e. The Hall–Kier alpha value is -1.75. The number of benzene rings is 1. The van der Waals surface area contributed by atoms with Crippen LogP contribution in [-0.4, -0.2) is 27.2 Å². The van der Waals surface area contributed by atoms with Gasteiger partial charge >= 0.3 is 0 Å². The third-order valence-corrected chi connectivity index (χ3v) is 3.46.